The van der Waals surface area contributed by atoms with Crippen LogP contribution in [-0.2, 0) is 16.9 Å². The third-order valence-corrected chi connectivity index (χ3v) is 4.37. The minimum atomic E-state index is -1.09. The van der Waals surface area contributed by atoms with Crippen LogP contribution in [0.15, 0.2) is 17.3 Å². The van der Waals surface area contributed by atoms with E-state index in [1.54, 1.807) is 0 Å². The Morgan fingerprint density at radius 1 is 1.45 bits per heavy atom. The second-order valence-corrected chi connectivity index (χ2v) is 5.45. The highest BCUT2D eigenvalue weighted by atomic mass is 19.2. The van der Waals surface area contributed by atoms with E-state index in [9.17, 15) is 13.6 Å². The molecule has 2 aliphatic rings. The van der Waals surface area contributed by atoms with E-state index in [4.69, 9.17) is 15.1 Å². The number of amides is 1. The number of hydrogen-bond acceptors (Lipinski definition) is 4. The minimum Gasteiger partial charge on any atom is -0.465 e. The highest BCUT2D eigenvalue weighted by molar-refractivity contribution is 5.69. The van der Waals surface area contributed by atoms with Gasteiger partial charge in [-0.15, -0.1) is 5.16 Å². The monoisotopic (exact) mass is 312 g/mol. The van der Waals surface area contributed by atoms with Crippen LogP contribution in [0.5, 0.6) is 0 Å². The average molecular weight is 312 g/mol. The lowest BCUT2D eigenvalue weighted by molar-refractivity contribution is -0.0951. The number of rotatable bonds is 1. The molecule has 8 heteroatoms. The van der Waals surface area contributed by atoms with Gasteiger partial charge in [-0.2, -0.15) is 0 Å². The molecular formula is C14H14F2N2O4. The molecule has 0 bridgehead atoms. The number of piperidine rings is 1. The van der Waals surface area contributed by atoms with Gasteiger partial charge in [0.1, 0.15) is 5.60 Å². The first-order valence-electron chi connectivity index (χ1n) is 6.75. The van der Waals surface area contributed by atoms with Gasteiger partial charge in [0, 0.05) is 19.0 Å². The maximum absolute atomic E-state index is 13.6. The van der Waals surface area contributed by atoms with Gasteiger partial charge in [0.25, 0.3) is 0 Å². The van der Waals surface area contributed by atoms with Crippen molar-refractivity contribution in [2.75, 3.05) is 13.1 Å². The number of ether oxygens (including phenoxy) is 1. The van der Waals surface area contributed by atoms with Crippen molar-refractivity contribution in [1.29, 1.82) is 0 Å². The maximum atomic E-state index is 13.6. The SMILES string of the molecule is O=C(O)N1CC[C@@]2(OCc3cc(F)c(F)cc32)[C@@H](/C=N/O)C1. The normalized spacial score (nSPS) is 27.5. The van der Waals surface area contributed by atoms with Gasteiger partial charge in [-0.1, -0.05) is 0 Å². The van der Waals surface area contributed by atoms with Crippen molar-refractivity contribution in [1.82, 2.24) is 4.90 Å². The lowest BCUT2D eigenvalue weighted by Crippen LogP contribution is -2.52. The van der Waals surface area contributed by atoms with E-state index in [1.165, 1.54) is 11.1 Å². The van der Waals surface area contributed by atoms with Gasteiger partial charge in [-0.3, -0.25) is 0 Å². The molecule has 3 rings (SSSR count). The molecular weight excluding hydrogens is 298 g/mol. The Balaban J connectivity index is 2.04. The largest absolute Gasteiger partial charge is 0.465 e. The van der Waals surface area contributed by atoms with Crippen molar-refractivity contribution in [3.63, 3.8) is 0 Å². The van der Waals surface area contributed by atoms with Crippen molar-refractivity contribution in [3.8, 4) is 0 Å². The highest BCUT2D eigenvalue weighted by Crippen LogP contribution is 2.47. The Hall–Kier alpha value is -2.22. The van der Waals surface area contributed by atoms with E-state index < -0.39 is 29.2 Å². The Kier molecular flexibility index (Phi) is 3.48. The summed E-state index contributed by atoms with van der Waals surface area (Å²) in [6.07, 6.45) is 0.370. The van der Waals surface area contributed by atoms with Crippen molar-refractivity contribution < 1.29 is 28.6 Å². The summed E-state index contributed by atoms with van der Waals surface area (Å²) in [5, 5.41) is 20.9. The molecule has 1 aromatic rings. The van der Waals surface area contributed by atoms with Gasteiger partial charge >= 0.3 is 6.09 Å². The number of hydrogen-bond donors (Lipinski definition) is 2. The average Bonchev–Trinajstić information content (AvgIpc) is 2.81. The summed E-state index contributed by atoms with van der Waals surface area (Å²) in [6.45, 7) is 0.358. The van der Waals surface area contributed by atoms with Crippen LogP contribution in [-0.4, -0.2) is 40.6 Å². The molecule has 2 N–H and O–H groups in total. The fourth-order valence-electron chi connectivity index (χ4n) is 3.28. The molecule has 1 saturated heterocycles. The summed E-state index contributed by atoms with van der Waals surface area (Å²) in [6, 6.07) is 2.18. The summed E-state index contributed by atoms with van der Waals surface area (Å²) in [5.41, 5.74) is 0.0163. The zero-order valence-corrected chi connectivity index (χ0v) is 11.5. The topological polar surface area (TPSA) is 82.4 Å². The lowest BCUT2D eigenvalue weighted by Gasteiger charge is -2.43. The molecule has 2 heterocycles. The summed E-state index contributed by atoms with van der Waals surface area (Å²) in [5.74, 6) is -2.52. The molecule has 2 aliphatic heterocycles. The van der Waals surface area contributed by atoms with Crippen LogP contribution >= 0.6 is 0 Å². The maximum Gasteiger partial charge on any atom is 0.407 e. The first kappa shape index (κ1) is 14.7. The van der Waals surface area contributed by atoms with Crippen LogP contribution in [0, 0.1) is 17.6 Å². The molecule has 6 nitrogen and oxygen atoms in total. The molecule has 1 spiro atoms. The fourth-order valence-corrected chi connectivity index (χ4v) is 3.28. The number of fused-ring (bicyclic) bond motifs is 2. The summed E-state index contributed by atoms with van der Waals surface area (Å²) in [4.78, 5) is 12.3. The number of halogens is 2. The van der Waals surface area contributed by atoms with E-state index in [-0.39, 0.29) is 26.1 Å². The van der Waals surface area contributed by atoms with E-state index in [1.807, 2.05) is 0 Å². The van der Waals surface area contributed by atoms with Crippen molar-refractivity contribution in [2.24, 2.45) is 11.1 Å². The summed E-state index contributed by atoms with van der Waals surface area (Å²) < 4.78 is 32.8. The Labute approximate surface area is 124 Å². The van der Waals surface area contributed by atoms with E-state index in [2.05, 4.69) is 5.16 Å². The number of oxime groups is 1. The zero-order chi connectivity index (χ0) is 15.9. The van der Waals surface area contributed by atoms with Gasteiger partial charge in [0.15, 0.2) is 11.6 Å². The molecule has 1 amide bonds. The smallest absolute Gasteiger partial charge is 0.407 e. The number of carbonyl (C=O) groups is 1. The standard InChI is InChI=1S/C14H14F2N2O4/c15-11-3-8-7-22-14(10(8)4-12(11)16)1-2-18(13(19)20)6-9(14)5-17-21/h3-5,9,21H,1-2,6-7H2,(H,19,20)/b17-5+/t9-,14+/m0/s1. The molecule has 0 unspecified atom stereocenters. The van der Waals surface area contributed by atoms with Crippen LogP contribution < -0.4 is 0 Å². The molecule has 118 valence electrons. The molecule has 0 radical (unpaired) electrons. The van der Waals surface area contributed by atoms with E-state index in [0.717, 1.165) is 12.1 Å². The van der Waals surface area contributed by atoms with Gasteiger partial charge in [0.2, 0.25) is 0 Å². The second kappa shape index (κ2) is 5.20. The molecule has 0 aliphatic carbocycles. The quantitative estimate of drug-likeness (QED) is 0.473. The van der Waals surface area contributed by atoms with Crippen molar-refractivity contribution >= 4 is 12.3 Å². The van der Waals surface area contributed by atoms with Crippen LogP contribution in [0.2, 0.25) is 0 Å². The Bertz CT molecular complexity index is 652. The van der Waals surface area contributed by atoms with E-state index >= 15 is 0 Å². The predicted octanol–water partition coefficient (Wildman–Crippen LogP) is 2.15. The Morgan fingerprint density at radius 3 is 2.86 bits per heavy atom. The van der Waals surface area contributed by atoms with Crippen molar-refractivity contribution in [3.05, 3.63) is 34.9 Å². The van der Waals surface area contributed by atoms with Crippen LogP contribution in [0.1, 0.15) is 17.5 Å². The molecule has 1 fully saturated rings. The van der Waals surface area contributed by atoms with Crippen LogP contribution in [0.25, 0.3) is 0 Å². The van der Waals surface area contributed by atoms with Gasteiger partial charge in [0.05, 0.1) is 12.8 Å². The number of benzene rings is 1. The third-order valence-electron chi connectivity index (χ3n) is 4.37. The van der Waals surface area contributed by atoms with Crippen molar-refractivity contribution in [2.45, 2.75) is 18.6 Å². The number of likely N-dealkylation sites (tertiary alicyclic amines) is 1. The number of carboxylic acid groups (broad SMARTS) is 1. The summed E-state index contributed by atoms with van der Waals surface area (Å²) in [7, 11) is 0. The van der Waals surface area contributed by atoms with E-state index in [0.29, 0.717) is 11.1 Å². The highest BCUT2D eigenvalue weighted by Gasteiger charge is 2.50. The predicted molar refractivity (Wildman–Crippen MR) is 70.8 cm³/mol. The molecule has 2 atom stereocenters. The molecule has 0 aromatic heterocycles. The third kappa shape index (κ3) is 2.10. The molecule has 1 aromatic carbocycles. The van der Waals surface area contributed by atoms with Gasteiger partial charge < -0.3 is 20.0 Å². The van der Waals surface area contributed by atoms with Gasteiger partial charge in [-0.05, 0) is 29.7 Å². The first-order valence-corrected chi connectivity index (χ1v) is 6.75. The zero-order valence-electron chi connectivity index (χ0n) is 11.5. The Morgan fingerprint density at radius 2 is 2.18 bits per heavy atom. The van der Waals surface area contributed by atoms with Crippen LogP contribution in [0.3, 0.4) is 0 Å². The first-order chi connectivity index (χ1) is 10.5. The molecule has 22 heavy (non-hydrogen) atoms. The fraction of sp³-hybridized carbons (Fsp3) is 0.429. The minimum absolute atomic E-state index is 0.0534. The molecule has 0 saturated carbocycles. The number of nitrogens with zero attached hydrogens (tertiary/aromatic N) is 2. The van der Waals surface area contributed by atoms with Crippen LogP contribution in [0.4, 0.5) is 13.6 Å². The van der Waals surface area contributed by atoms with Gasteiger partial charge in [-0.25, -0.2) is 13.6 Å². The summed E-state index contributed by atoms with van der Waals surface area (Å²) >= 11 is 0. The lowest BCUT2D eigenvalue weighted by atomic mass is 9.76. The second-order valence-electron chi connectivity index (χ2n) is 5.45.